The van der Waals surface area contributed by atoms with Gasteiger partial charge in [-0.25, -0.2) is 4.39 Å². The summed E-state index contributed by atoms with van der Waals surface area (Å²) in [5, 5.41) is 30.3. The number of aromatic nitrogens is 1. The molecule has 2 heterocycles. The van der Waals surface area contributed by atoms with Crippen LogP contribution in [0.1, 0.15) is 29.8 Å². The molecule has 36 heavy (non-hydrogen) atoms. The SMILES string of the molecule is C[C@@](O)(CN1CCN(c2ccc(OCCO)cc2Cl)[C@H](c2ccc(F)cc2)C1)c1ccnc(CO)c1. The van der Waals surface area contributed by atoms with Gasteiger partial charge in [0.25, 0.3) is 0 Å². The molecular weight excluding hydrogens is 485 g/mol. The number of hydrogen-bond acceptors (Lipinski definition) is 7. The summed E-state index contributed by atoms with van der Waals surface area (Å²) in [7, 11) is 0. The summed E-state index contributed by atoms with van der Waals surface area (Å²) in [6, 6.07) is 15.2. The zero-order valence-corrected chi connectivity index (χ0v) is 20.9. The third-order valence-corrected chi connectivity index (χ3v) is 6.74. The molecule has 1 aliphatic rings. The third-order valence-electron chi connectivity index (χ3n) is 6.44. The Kier molecular flexibility index (Phi) is 8.43. The summed E-state index contributed by atoms with van der Waals surface area (Å²) in [6.07, 6.45) is 1.59. The maximum Gasteiger partial charge on any atom is 0.123 e. The van der Waals surface area contributed by atoms with Crippen molar-refractivity contribution in [3.05, 3.63) is 88.5 Å². The van der Waals surface area contributed by atoms with E-state index in [9.17, 15) is 14.6 Å². The van der Waals surface area contributed by atoms with Crippen molar-refractivity contribution in [2.45, 2.75) is 25.2 Å². The van der Waals surface area contributed by atoms with Gasteiger partial charge in [0.2, 0.25) is 0 Å². The lowest BCUT2D eigenvalue weighted by atomic mass is 9.94. The number of piperazine rings is 1. The predicted molar refractivity (Wildman–Crippen MR) is 137 cm³/mol. The molecule has 3 aromatic rings. The largest absolute Gasteiger partial charge is 0.491 e. The minimum absolute atomic E-state index is 0.0848. The Morgan fingerprint density at radius 1 is 1.11 bits per heavy atom. The molecule has 1 aromatic heterocycles. The molecule has 0 spiro atoms. The van der Waals surface area contributed by atoms with Crippen LogP contribution < -0.4 is 9.64 Å². The molecule has 0 aliphatic carbocycles. The summed E-state index contributed by atoms with van der Waals surface area (Å²) < 4.78 is 19.2. The van der Waals surface area contributed by atoms with Gasteiger partial charge in [-0.15, -0.1) is 0 Å². The first-order valence-electron chi connectivity index (χ1n) is 11.9. The number of halogens is 2. The smallest absolute Gasteiger partial charge is 0.123 e. The average Bonchev–Trinajstić information content (AvgIpc) is 2.88. The van der Waals surface area contributed by atoms with Gasteiger partial charge in [0.05, 0.1) is 41.3 Å². The molecule has 2 aromatic carbocycles. The molecule has 0 unspecified atom stereocenters. The fourth-order valence-corrected chi connectivity index (χ4v) is 4.92. The van der Waals surface area contributed by atoms with Crippen molar-refractivity contribution in [2.75, 3.05) is 44.3 Å². The zero-order valence-electron chi connectivity index (χ0n) is 20.1. The Hall–Kier alpha value is -2.75. The number of β-amino-alcohol motifs (C(OH)–C–C–N with tert-alkyl or cyclic N) is 1. The number of hydrogen-bond donors (Lipinski definition) is 3. The van der Waals surface area contributed by atoms with E-state index >= 15 is 0 Å². The number of ether oxygens (including phenoxy) is 1. The summed E-state index contributed by atoms with van der Waals surface area (Å²) in [4.78, 5) is 8.47. The van der Waals surface area contributed by atoms with Crippen LogP contribution in [0.5, 0.6) is 5.75 Å². The van der Waals surface area contributed by atoms with Crippen LogP contribution >= 0.6 is 11.6 Å². The zero-order chi connectivity index (χ0) is 25.7. The van der Waals surface area contributed by atoms with Gasteiger partial charge in [0.15, 0.2) is 0 Å². The second-order valence-electron chi connectivity index (χ2n) is 9.15. The van der Waals surface area contributed by atoms with Gasteiger partial charge < -0.3 is 25.0 Å². The molecule has 0 radical (unpaired) electrons. The van der Waals surface area contributed by atoms with Crippen molar-refractivity contribution in [3.63, 3.8) is 0 Å². The second-order valence-corrected chi connectivity index (χ2v) is 9.56. The minimum Gasteiger partial charge on any atom is -0.491 e. The molecule has 0 amide bonds. The van der Waals surface area contributed by atoms with Crippen LogP contribution in [0, 0.1) is 5.82 Å². The van der Waals surface area contributed by atoms with Crippen LogP contribution in [0.15, 0.2) is 60.8 Å². The van der Waals surface area contributed by atoms with Crippen molar-refractivity contribution >= 4 is 17.3 Å². The van der Waals surface area contributed by atoms with Crippen molar-refractivity contribution < 1.29 is 24.4 Å². The number of rotatable bonds is 9. The topological polar surface area (TPSA) is 89.3 Å². The van der Waals surface area contributed by atoms with Gasteiger partial charge in [0, 0.05) is 38.4 Å². The van der Waals surface area contributed by atoms with Gasteiger partial charge in [-0.05, 0) is 54.4 Å². The third kappa shape index (κ3) is 6.14. The summed E-state index contributed by atoms with van der Waals surface area (Å²) in [5.41, 5.74) is 1.79. The molecule has 192 valence electrons. The highest BCUT2D eigenvalue weighted by Gasteiger charge is 2.34. The Labute approximate surface area is 215 Å². The van der Waals surface area contributed by atoms with E-state index in [2.05, 4.69) is 14.8 Å². The lowest BCUT2D eigenvalue weighted by Crippen LogP contribution is -2.52. The fraction of sp³-hybridized carbons (Fsp3) is 0.370. The van der Waals surface area contributed by atoms with Gasteiger partial charge in [-0.1, -0.05) is 23.7 Å². The fourth-order valence-electron chi connectivity index (χ4n) is 4.64. The number of benzene rings is 2. The van der Waals surface area contributed by atoms with Crippen molar-refractivity contribution in [2.24, 2.45) is 0 Å². The monoisotopic (exact) mass is 515 g/mol. The number of pyridine rings is 1. The standard InChI is InChI=1S/C27H31ClFN3O4/c1-27(35,20-8-9-30-22(14-20)17-34)18-31-10-11-32(26(16-31)19-2-4-21(29)5-3-19)25-7-6-23(15-24(25)28)36-13-12-33/h2-9,14-15,26,33-35H,10-13,16-18H2,1H3/t26-,27+/m0/s1. The van der Waals surface area contributed by atoms with E-state index < -0.39 is 5.60 Å². The van der Waals surface area contributed by atoms with Gasteiger partial charge in [0.1, 0.15) is 18.2 Å². The van der Waals surface area contributed by atoms with Gasteiger partial charge in [-0.3, -0.25) is 9.88 Å². The molecule has 3 N–H and O–H groups in total. The lowest BCUT2D eigenvalue weighted by Gasteiger charge is -2.45. The molecule has 0 bridgehead atoms. The molecule has 1 fully saturated rings. The second kappa shape index (κ2) is 11.5. The molecular formula is C27H31ClFN3O4. The summed E-state index contributed by atoms with van der Waals surface area (Å²) in [5.74, 6) is 0.270. The Morgan fingerprint density at radius 3 is 2.58 bits per heavy atom. The van der Waals surface area contributed by atoms with Crippen molar-refractivity contribution in [1.82, 2.24) is 9.88 Å². The quantitative estimate of drug-likeness (QED) is 0.402. The van der Waals surface area contributed by atoms with Crippen LogP contribution in [0.25, 0.3) is 0 Å². The van der Waals surface area contributed by atoms with Crippen molar-refractivity contribution in [1.29, 1.82) is 0 Å². The molecule has 9 heteroatoms. The Balaban J connectivity index is 1.59. The maximum atomic E-state index is 13.7. The van der Waals surface area contributed by atoms with E-state index in [1.54, 1.807) is 43.5 Å². The molecule has 1 saturated heterocycles. The van der Waals surface area contributed by atoms with E-state index in [0.717, 1.165) is 11.3 Å². The highest BCUT2D eigenvalue weighted by molar-refractivity contribution is 6.33. The van der Waals surface area contributed by atoms with E-state index in [1.165, 1.54) is 12.1 Å². The first kappa shape index (κ1) is 26.3. The van der Waals surface area contributed by atoms with Crippen LogP contribution in [-0.4, -0.2) is 64.6 Å². The van der Waals surface area contributed by atoms with Crippen LogP contribution in [0.3, 0.4) is 0 Å². The number of aliphatic hydroxyl groups excluding tert-OH is 2. The van der Waals surface area contributed by atoms with Gasteiger partial charge >= 0.3 is 0 Å². The van der Waals surface area contributed by atoms with Crippen LogP contribution in [0.4, 0.5) is 10.1 Å². The van der Waals surface area contributed by atoms with E-state index in [1.807, 2.05) is 12.1 Å². The summed E-state index contributed by atoms with van der Waals surface area (Å²) in [6.45, 7) is 3.92. The molecule has 0 saturated carbocycles. The summed E-state index contributed by atoms with van der Waals surface area (Å²) >= 11 is 6.65. The molecule has 4 rings (SSSR count). The minimum atomic E-state index is -1.16. The molecule has 7 nitrogen and oxygen atoms in total. The normalized spacial score (nSPS) is 18.2. The van der Waals surface area contributed by atoms with Crippen LogP contribution in [-0.2, 0) is 12.2 Å². The maximum absolute atomic E-state index is 13.7. The van der Waals surface area contributed by atoms with E-state index in [0.29, 0.717) is 48.2 Å². The highest BCUT2D eigenvalue weighted by Crippen LogP contribution is 2.38. The van der Waals surface area contributed by atoms with Crippen molar-refractivity contribution in [3.8, 4) is 5.75 Å². The molecule has 1 aliphatic heterocycles. The Morgan fingerprint density at radius 2 is 1.89 bits per heavy atom. The highest BCUT2D eigenvalue weighted by atomic mass is 35.5. The average molecular weight is 516 g/mol. The number of aliphatic hydroxyl groups is 3. The van der Waals surface area contributed by atoms with E-state index in [4.69, 9.17) is 21.4 Å². The number of nitrogens with zero attached hydrogens (tertiary/aromatic N) is 3. The first-order chi connectivity index (χ1) is 17.3. The lowest BCUT2D eigenvalue weighted by molar-refractivity contribution is 0.0101. The molecule has 2 atom stereocenters. The first-order valence-corrected chi connectivity index (χ1v) is 12.2. The number of anilines is 1. The Bertz CT molecular complexity index is 1160. The van der Waals surface area contributed by atoms with Gasteiger partial charge in [-0.2, -0.15) is 0 Å². The predicted octanol–water partition coefficient (Wildman–Crippen LogP) is 3.51. The van der Waals surface area contributed by atoms with E-state index in [-0.39, 0.29) is 31.7 Å². The van der Waals surface area contributed by atoms with Crippen LogP contribution in [0.2, 0.25) is 5.02 Å².